The maximum absolute atomic E-state index is 12.1. The van der Waals surface area contributed by atoms with Crippen LogP contribution in [0.3, 0.4) is 0 Å². The third-order valence-electron chi connectivity index (χ3n) is 4.80. The summed E-state index contributed by atoms with van der Waals surface area (Å²) in [6.45, 7) is 6.10. The Morgan fingerprint density at radius 2 is 1.96 bits per heavy atom. The molecule has 0 saturated heterocycles. The Kier molecular flexibility index (Phi) is 5.28. The second-order valence-corrected chi connectivity index (χ2v) is 8.64. The van der Waals surface area contributed by atoms with Gasteiger partial charge in [-0.15, -0.1) is 21.5 Å². The number of halogens is 2. The minimum Gasteiger partial charge on any atom is -0.394 e. The van der Waals surface area contributed by atoms with Gasteiger partial charge in [-0.05, 0) is 38.5 Å². The van der Waals surface area contributed by atoms with Crippen LogP contribution in [0.4, 0.5) is 0 Å². The molecule has 6 nitrogen and oxygen atoms in total. The van der Waals surface area contributed by atoms with Gasteiger partial charge in [-0.25, -0.2) is 0 Å². The molecule has 0 saturated carbocycles. The van der Waals surface area contributed by atoms with E-state index >= 15 is 0 Å². The maximum Gasteiger partial charge on any atom is 0.317 e. The van der Waals surface area contributed by atoms with Crippen LogP contribution < -0.4 is 0 Å². The van der Waals surface area contributed by atoms with Gasteiger partial charge >= 0.3 is 5.97 Å². The van der Waals surface area contributed by atoms with Crippen LogP contribution in [0.25, 0.3) is 5.00 Å². The molecule has 0 spiro atoms. The molecule has 3 aromatic rings. The van der Waals surface area contributed by atoms with Crippen LogP contribution in [-0.2, 0) is 7.86 Å². The van der Waals surface area contributed by atoms with Crippen molar-refractivity contribution >= 4 is 57.6 Å². The van der Waals surface area contributed by atoms with Crippen LogP contribution in [-0.4, -0.2) is 26.4 Å². The number of thiophene rings is 1. The Labute approximate surface area is 185 Å². The molecule has 0 N–H and O–H groups in total. The SMILES string of the molecule is Cc1sc2c(c1C)C(c1ccc(Cl)cc1)=N[C@@H](CC(=O)OI)c1nnc(C)n1-2. The fraction of sp³-hybridized carbons (Fsp3) is 0.263. The van der Waals surface area contributed by atoms with Crippen molar-refractivity contribution in [3.05, 3.63) is 62.5 Å². The lowest BCUT2D eigenvalue weighted by molar-refractivity contribution is -0.131. The van der Waals surface area contributed by atoms with Crippen molar-refractivity contribution in [2.45, 2.75) is 33.2 Å². The lowest BCUT2D eigenvalue weighted by Crippen LogP contribution is -2.11. The normalized spacial score (nSPS) is 15.5. The summed E-state index contributed by atoms with van der Waals surface area (Å²) in [5.41, 5.74) is 3.96. The Balaban J connectivity index is 2.01. The van der Waals surface area contributed by atoms with Crippen molar-refractivity contribution in [3.63, 3.8) is 0 Å². The molecule has 1 aromatic carbocycles. The Morgan fingerprint density at radius 1 is 1.25 bits per heavy atom. The lowest BCUT2D eigenvalue weighted by atomic mass is 9.99. The predicted octanol–water partition coefficient (Wildman–Crippen LogP) is 5.08. The molecule has 1 aliphatic rings. The van der Waals surface area contributed by atoms with E-state index in [2.05, 4.69) is 24.0 Å². The molecule has 1 aliphatic heterocycles. The highest BCUT2D eigenvalue weighted by Gasteiger charge is 2.32. The first-order valence-electron chi connectivity index (χ1n) is 8.58. The summed E-state index contributed by atoms with van der Waals surface area (Å²) in [6, 6.07) is 7.10. The van der Waals surface area contributed by atoms with E-state index in [4.69, 9.17) is 19.7 Å². The summed E-state index contributed by atoms with van der Waals surface area (Å²) in [6.07, 6.45) is 0.0884. The van der Waals surface area contributed by atoms with Crippen LogP contribution in [0.1, 0.15) is 45.7 Å². The minimum atomic E-state index is -0.492. The Morgan fingerprint density at radius 3 is 2.64 bits per heavy atom. The number of aromatic nitrogens is 3. The molecular formula is C19H16ClIN4O2S. The molecule has 3 heterocycles. The third-order valence-corrected chi connectivity index (χ3v) is 6.74. The molecule has 9 heteroatoms. The van der Waals surface area contributed by atoms with Gasteiger partial charge < -0.3 is 3.07 Å². The van der Waals surface area contributed by atoms with Crippen molar-refractivity contribution < 1.29 is 7.86 Å². The number of nitrogens with zero attached hydrogens (tertiary/aromatic N) is 4. The maximum atomic E-state index is 12.1. The van der Waals surface area contributed by atoms with E-state index in [-0.39, 0.29) is 12.4 Å². The topological polar surface area (TPSA) is 69.4 Å². The monoisotopic (exact) mass is 526 g/mol. The van der Waals surface area contributed by atoms with Crippen LogP contribution in [0, 0.1) is 20.8 Å². The van der Waals surface area contributed by atoms with E-state index in [0.717, 1.165) is 33.2 Å². The number of rotatable bonds is 3. The van der Waals surface area contributed by atoms with Crippen LogP contribution in [0.5, 0.6) is 0 Å². The van der Waals surface area contributed by atoms with Crippen molar-refractivity contribution in [2.75, 3.05) is 0 Å². The predicted molar refractivity (Wildman–Crippen MR) is 118 cm³/mol. The number of aryl methyl sites for hydroxylation is 2. The molecule has 144 valence electrons. The van der Waals surface area contributed by atoms with E-state index < -0.39 is 6.04 Å². The van der Waals surface area contributed by atoms with Crippen LogP contribution >= 0.6 is 45.9 Å². The second kappa shape index (κ2) is 7.57. The van der Waals surface area contributed by atoms with E-state index in [1.54, 1.807) is 34.3 Å². The summed E-state index contributed by atoms with van der Waals surface area (Å²) in [5, 5.41) is 10.3. The van der Waals surface area contributed by atoms with Gasteiger partial charge in [0.2, 0.25) is 0 Å². The molecule has 0 unspecified atom stereocenters. The number of benzene rings is 1. The number of hydrogen-bond donors (Lipinski definition) is 0. The zero-order valence-electron chi connectivity index (χ0n) is 15.4. The number of fused-ring (bicyclic) bond motifs is 3. The number of hydrogen-bond acceptors (Lipinski definition) is 6. The lowest BCUT2D eigenvalue weighted by Gasteiger charge is -2.11. The highest BCUT2D eigenvalue weighted by molar-refractivity contribution is 14.1. The van der Waals surface area contributed by atoms with Gasteiger partial charge in [0.15, 0.2) is 28.8 Å². The molecule has 0 fully saturated rings. The molecule has 1 atom stereocenters. The number of carbonyl (C=O) groups is 1. The van der Waals surface area contributed by atoms with E-state index in [1.165, 1.54) is 4.88 Å². The first-order valence-corrected chi connectivity index (χ1v) is 10.7. The zero-order chi connectivity index (χ0) is 20.0. The van der Waals surface area contributed by atoms with Crippen molar-refractivity contribution in [1.82, 2.24) is 14.8 Å². The zero-order valence-corrected chi connectivity index (χ0v) is 19.1. The van der Waals surface area contributed by atoms with Crippen molar-refractivity contribution in [1.29, 1.82) is 0 Å². The van der Waals surface area contributed by atoms with E-state index in [1.807, 2.05) is 35.8 Å². The summed E-state index contributed by atoms with van der Waals surface area (Å²) < 4.78 is 6.87. The van der Waals surface area contributed by atoms with Gasteiger partial charge in [0.1, 0.15) is 16.9 Å². The van der Waals surface area contributed by atoms with E-state index in [0.29, 0.717) is 10.8 Å². The summed E-state index contributed by atoms with van der Waals surface area (Å²) >= 11 is 9.37. The summed E-state index contributed by atoms with van der Waals surface area (Å²) in [7, 11) is 0. The standard InChI is InChI=1S/C19H16ClIN4O2S/c1-9-10(2)28-19-16(9)17(12-4-6-13(20)7-5-12)22-14(8-15(26)27-21)18-24-23-11(3)25(18)19/h4-7,14H,8H2,1-3H3/t14-/m0/s1. The summed E-state index contributed by atoms with van der Waals surface area (Å²) in [5.74, 6) is 1.05. The molecule has 28 heavy (non-hydrogen) atoms. The van der Waals surface area contributed by atoms with Gasteiger partial charge in [-0.3, -0.25) is 14.4 Å². The quantitative estimate of drug-likeness (QED) is 0.446. The number of carbonyl (C=O) groups excluding carboxylic acids is 1. The van der Waals surface area contributed by atoms with Crippen LogP contribution in [0.15, 0.2) is 29.3 Å². The van der Waals surface area contributed by atoms with Gasteiger partial charge in [-0.1, -0.05) is 23.7 Å². The fourth-order valence-electron chi connectivity index (χ4n) is 3.32. The molecule has 0 radical (unpaired) electrons. The molecular weight excluding hydrogens is 511 g/mol. The fourth-order valence-corrected chi connectivity index (χ4v) is 4.84. The van der Waals surface area contributed by atoms with Gasteiger partial charge in [0.05, 0.1) is 12.1 Å². The van der Waals surface area contributed by atoms with Gasteiger partial charge in [0, 0.05) is 21.0 Å². The van der Waals surface area contributed by atoms with Crippen molar-refractivity contribution in [2.24, 2.45) is 4.99 Å². The second-order valence-electron chi connectivity index (χ2n) is 6.56. The minimum absolute atomic E-state index is 0.0884. The highest BCUT2D eigenvalue weighted by atomic mass is 127. The first-order chi connectivity index (χ1) is 13.4. The molecule has 4 rings (SSSR count). The average Bonchev–Trinajstić information content (AvgIpc) is 3.15. The Hall–Kier alpha value is -1.78. The molecule has 2 aromatic heterocycles. The van der Waals surface area contributed by atoms with Gasteiger partial charge in [-0.2, -0.15) is 0 Å². The Bertz CT molecular complexity index is 1100. The molecule has 0 amide bonds. The van der Waals surface area contributed by atoms with Crippen LogP contribution in [0.2, 0.25) is 5.02 Å². The van der Waals surface area contributed by atoms with E-state index in [9.17, 15) is 4.79 Å². The molecule has 0 bridgehead atoms. The average molecular weight is 527 g/mol. The smallest absolute Gasteiger partial charge is 0.317 e. The first kappa shape index (κ1) is 19.5. The van der Waals surface area contributed by atoms with Crippen molar-refractivity contribution in [3.8, 4) is 5.00 Å². The largest absolute Gasteiger partial charge is 0.394 e. The number of aliphatic imine (C=N–C) groups is 1. The summed E-state index contributed by atoms with van der Waals surface area (Å²) in [4.78, 5) is 18.2. The molecule has 0 aliphatic carbocycles. The highest BCUT2D eigenvalue weighted by Crippen LogP contribution is 2.39. The third kappa shape index (κ3) is 3.27. The van der Waals surface area contributed by atoms with Gasteiger partial charge in [0.25, 0.3) is 0 Å².